The highest BCUT2D eigenvalue weighted by molar-refractivity contribution is 6.30. The first-order valence-electron chi connectivity index (χ1n) is 3.82. The molecule has 0 aromatic carbocycles. The zero-order valence-corrected chi connectivity index (χ0v) is 7.92. The van der Waals surface area contributed by atoms with Crippen molar-refractivity contribution in [3.05, 3.63) is 10.6 Å². The SMILES string of the molecule is CC1=C(Cl)CC(C)C1(C)C. The molecular weight excluding hydrogens is 144 g/mol. The van der Waals surface area contributed by atoms with Crippen molar-refractivity contribution >= 4 is 11.6 Å². The predicted molar refractivity (Wildman–Crippen MR) is 46.1 cm³/mol. The minimum absolute atomic E-state index is 0.330. The smallest absolute Gasteiger partial charge is 0.0178 e. The maximum atomic E-state index is 6.02. The number of hydrogen-bond donors (Lipinski definition) is 0. The van der Waals surface area contributed by atoms with Crippen molar-refractivity contribution in [1.29, 1.82) is 0 Å². The Morgan fingerprint density at radius 3 is 2.10 bits per heavy atom. The molecule has 1 rings (SSSR count). The average Bonchev–Trinajstić information content (AvgIpc) is 1.97. The summed E-state index contributed by atoms with van der Waals surface area (Å²) in [5, 5.41) is 1.08. The van der Waals surface area contributed by atoms with Gasteiger partial charge in [-0.1, -0.05) is 37.9 Å². The van der Waals surface area contributed by atoms with E-state index in [9.17, 15) is 0 Å². The molecule has 1 heteroatoms. The van der Waals surface area contributed by atoms with E-state index in [0.717, 1.165) is 11.5 Å². The molecule has 0 fully saturated rings. The summed E-state index contributed by atoms with van der Waals surface area (Å²) in [5.41, 5.74) is 1.71. The van der Waals surface area contributed by atoms with Crippen molar-refractivity contribution in [2.75, 3.05) is 0 Å². The largest absolute Gasteiger partial charge is 0.0892 e. The van der Waals surface area contributed by atoms with Crippen LogP contribution in [0.3, 0.4) is 0 Å². The monoisotopic (exact) mass is 158 g/mol. The van der Waals surface area contributed by atoms with Crippen molar-refractivity contribution in [3.8, 4) is 0 Å². The third-order valence-corrected chi connectivity index (χ3v) is 3.53. The molecule has 0 aromatic heterocycles. The Balaban J connectivity index is 2.94. The van der Waals surface area contributed by atoms with Crippen molar-refractivity contribution < 1.29 is 0 Å². The van der Waals surface area contributed by atoms with E-state index in [-0.39, 0.29) is 0 Å². The van der Waals surface area contributed by atoms with Gasteiger partial charge in [-0.2, -0.15) is 0 Å². The van der Waals surface area contributed by atoms with Gasteiger partial charge in [-0.05, 0) is 24.7 Å². The summed E-state index contributed by atoms with van der Waals surface area (Å²) in [4.78, 5) is 0. The standard InChI is InChI=1S/C9H15Cl/c1-6-5-8(10)7(2)9(6,3)4/h6H,5H2,1-4H3. The van der Waals surface area contributed by atoms with Crippen molar-refractivity contribution in [3.63, 3.8) is 0 Å². The van der Waals surface area contributed by atoms with Crippen LogP contribution in [0.4, 0.5) is 0 Å². The molecule has 0 bridgehead atoms. The summed E-state index contributed by atoms with van der Waals surface area (Å²) in [5.74, 6) is 0.708. The van der Waals surface area contributed by atoms with Crippen LogP contribution >= 0.6 is 11.6 Å². The second-order valence-corrected chi connectivity index (χ2v) is 4.31. The van der Waals surface area contributed by atoms with Crippen LogP contribution in [0.2, 0.25) is 0 Å². The molecule has 58 valence electrons. The Morgan fingerprint density at radius 2 is 2.00 bits per heavy atom. The van der Waals surface area contributed by atoms with Gasteiger partial charge in [0.1, 0.15) is 0 Å². The zero-order chi connectivity index (χ0) is 7.94. The summed E-state index contributed by atoms with van der Waals surface area (Å²) >= 11 is 6.02. The summed E-state index contributed by atoms with van der Waals surface area (Å²) in [6, 6.07) is 0. The van der Waals surface area contributed by atoms with E-state index in [0.29, 0.717) is 11.3 Å². The Morgan fingerprint density at radius 1 is 1.50 bits per heavy atom. The van der Waals surface area contributed by atoms with Gasteiger partial charge in [-0.25, -0.2) is 0 Å². The van der Waals surface area contributed by atoms with E-state index >= 15 is 0 Å². The summed E-state index contributed by atoms with van der Waals surface area (Å²) < 4.78 is 0. The van der Waals surface area contributed by atoms with E-state index in [1.165, 1.54) is 5.57 Å². The number of hydrogen-bond acceptors (Lipinski definition) is 0. The Labute approximate surface area is 68.3 Å². The quantitative estimate of drug-likeness (QED) is 0.506. The van der Waals surface area contributed by atoms with Crippen LogP contribution in [-0.2, 0) is 0 Å². The van der Waals surface area contributed by atoms with Gasteiger partial charge in [-0.3, -0.25) is 0 Å². The molecule has 0 spiro atoms. The molecule has 0 radical (unpaired) electrons. The van der Waals surface area contributed by atoms with Gasteiger partial charge in [0.25, 0.3) is 0 Å². The first-order valence-corrected chi connectivity index (χ1v) is 4.19. The zero-order valence-electron chi connectivity index (χ0n) is 7.16. The van der Waals surface area contributed by atoms with E-state index in [1.807, 2.05) is 0 Å². The number of halogens is 1. The molecule has 0 N–H and O–H groups in total. The van der Waals surface area contributed by atoms with Crippen LogP contribution in [0.5, 0.6) is 0 Å². The van der Waals surface area contributed by atoms with Crippen LogP contribution in [0, 0.1) is 11.3 Å². The van der Waals surface area contributed by atoms with Gasteiger partial charge in [0.05, 0.1) is 0 Å². The minimum Gasteiger partial charge on any atom is -0.0892 e. The van der Waals surface area contributed by atoms with Gasteiger partial charge in [0.15, 0.2) is 0 Å². The van der Waals surface area contributed by atoms with Gasteiger partial charge in [0.2, 0.25) is 0 Å². The fourth-order valence-electron chi connectivity index (χ4n) is 1.40. The Bertz CT molecular complexity index is 177. The molecule has 10 heavy (non-hydrogen) atoms. The molecule has 1 aliphatic rings. The molecular formula is C9H15Cl. The van der Waals surface area contributed by atoms with E-state index < -0.39 is 0 Å². The normalized spacial score (nSPS) is 31.5. The Hall–Kier alpha value is 0.0300. The second kappa shape index (κ2) is 2.27. The highest BCUT2D eigenvalue weighted by Gasteiger charge is 2.35. The molecule has 1 unspecified atom stereocenters. The van der Waals surface area contributed by atoms with E-state index in [2.05, 4.69) is 27.7 Å². The maximum Gasteiger partial charge on any atom is 0.0178 e. The second-order valence-electron chi connectivity index (χ2n) is 3.86. The van der Waals surface area contributed by atoms with Crippen LogP contribution in [0.15, 0.2) is 10.6 Å². The van der Waals surface area contributed by atoms with Gasteiger partial charge >= 0.3 is 0 Å². The summed E-state index contributed by atoms with van der Waals surface area (Å²) in [7, 11) is 0. The molecule has 0 amide bonds. The topological polar surface area (TPSA) is 0 Å². The molecule has 1 aliphatic carbocycles. The minimum atomic E-state index is 0.330. The highest BCUT2D eigenvalue weighted by Crippen LogP contribution is 2.47. The molecule has 0 aliphatic heterocycles. The lowest BCUT2D eigenvalue weighted by Crippen LogP contribution is -2.16. The molecule has 0 aromatic rings. The average molecular weight is 159 g/mol. The highest BCUT2D eigenvalue weighted by atomic mass is 35.5. The van der Waals surface area contributed by atoms with Gasteiger partial charge in [-0.15, -0.1) is 0 Å². The molecule has 1 atom stereocenters. The summed E-state index contributed by atoms with van der Waals surface area (Å²) in [6.07, 6.45) is 1.07. The van der Waals surface area contributed by atoms with Crippen LogP contribution in [-0.4, -0.2) is 0 Å². The number of rotatable bonds is 0. The third kappa shape index (κ3) is 0.989. The van der Waals surface area contributed by atoms with Crippen molar-refractivity contribution in [2.45, 2.75) is 34.1 Å². The fraction of sp³-hybridized carbons (Fsp3) is 0.778. The summed E-state index contributed by atoms with van der Waals surface area (Å²) in [6.45, 7) is 8.94. The first-order chi connectivity index (χ1) is 4.46. The van der Waals surface area contributed by atoms with Crippen LogP contribution in [0.1, 0.15) is 34.1 Å². The molecule has 0 saturated heterocycles. The van der Waals surface area contributed by atoms with E-state index in [4.69, 9.17) is 11.6 Å². The molecule has 0 heterocycles. The molecule has 0 nitrogen and oxygen atoms in total. The lowest BCUT2D eigenvalue weighted by molar-refractivity contribution is 0.317. The van der Waals surface area contributed by atoms with Crippen LogP contribution < -0.4 is 0 Å². The lowest BCUT2D eigenvalue weighted by atomic mass is 9.79. The Kier molecular flexibility index (Phi) is 1.84. The van der Waals surface area contributed by atoms with Gasteiger partial charge < -0.3 is 0 Å². The first kappa shape index (κ1) is 8.13. The third-order valence-electron chi connectivity index (χ3n) is 3.09. The van der Waals surface area contributed by atoms with Crippen molar-refractivity contribution in [1.82, 2.24) is 0 Å². The number of allylic oxidation sites excluding steroid dienone is 2. The molecule has 0 saturated carbocycles. The van der Waals surface area contributed by atoms with E-state index in [1.54, 1.807) is 0 Å². The van der Waals surface area contributed by atoms with Crippen LogP contribution in [0.25, 0.3) is 0 Å². The predicted octanol–water partition coefficient (Wildman–Crippen LogP) is 3.57. The van der Waals surface area contributed by atoms with Crippen molar-refractivity contribution in [2.24, 2.45) is 11.3 Å². The lowest BCUT2D eigenvalue weighted by Gasteiger charge is -2.25. The maximum absolute atomic E-state index is 6.02. The fourth-order valence-corrected chi connectivity index (χ4v) is 1.87. The van der Waals surface area contributed by atoms with Gasteiger partial charge in [0, 0.05) is 5.03 Å².